The van der Waals surface area contributed by atoms with Crippen LogP contribution < -0.4 is 5.32 Å². The molecule has 1 aliphatic carbocycles. The number of aliphatic hydroxyl groups excluding tert-OH is 1. The first kappa shape index (κ1) is 15.8. The fraction of sp³-hybridized carbons (Fsp3) is 0.385. The lowest BCUT2D eigenvalue weighted by atomic mass is 10.1. The normalized spacial score (nSPS) is 21.5. The third-order valence-electron chi connectivity index (χ3n) is 2.95. The summed E-state index contributed by atoms with van der Waals surface area (Å²) < 4.78 is 37.3. The van der Waals surface area contributed by atoms with E-state index < -0.39 is 23.2 Å². The molecule has 1 aromatic heterocycles. The van der Waals surface area contributed by atoms with Gasteiger partial charge in [-0.25, -0.2) is 4.98 Å². The van der Waals surface area contributed by atoms with Gasteiger partial charge in [0, 0.05) is 36.5 Å². The predicted octanol–water partition coefficient (Wildman–Crippen LogP) is 2.36. The van der Waals surface area contributed by atoms with Gasteiger partial charge in [-0.05, 0) is 18.6 Å². The number of carbonyl (C=O) groups excluding carboxylic acids is 1. The van der Waals surface area contributed by atoms with Gasteiger partial charge in [0.1, 0.15) is 5.03 Å². The van der Waals surface area contributed by atoms with Gasteiger partial charge in [0.15, 0.2) is 0 Å². The van der Waals surface area contributed by atoms with Gasteiger partial charge in [0.05, 0.1) is 5.56 Å². The SMILES string of the molecule is O=C(N[C@@H]1C=C[C@H](CO)C1)c1cccnc1SC(F)(F)F. The topological polar surface area (TPSA) is 62.2 Å². The molecule has 0 saturated heterocycles. The van der Waals surface area contributed by atoms with Crippen LogP contribution in [0.15, 0.2) is 35.5 Å². The lowest BCUT2D eigenvalue weighted by molar-refractivity contribution is -0.0329. The minimum Gasteiger partial charge on any atom is -0.396 e. The van der Waals surface area contributed by atoms with Crippen molar-refractivity contribution in [1.82, 2.24) is 10.3 Å². The number of amides is 1. The minimum absolute atomic E-state index is 0.0229. The minimum atomic E-state index is -4.50. The number of nitrogens with zero attached hydrogens (tertiary/aromatic N) is 1. The van der Waals surface area contributed by atoms with Gasteiger partial charge in [-0.2, -0.15) is 13.2 Å². The van der Waals surface area contributed by atoms with Crippen LogP contribution in [0.5, 0.6) is 0 Å². The van der Waals surface area contributed by atoms with Crippen LogP contribution in [-0.4, -0.2) is 34.2 Å². The first-order valence-corrected chi connectivity index (χ1v) is 7.01. The molecule has 0 radical (unpaired) electrons. The molecule has 4 nitrogen and oxygen atoms in total. The number of nitrogens with one attached hydrogen (secondary N) is 1. The molecule has 21 heavy (non-hydrogen) atoms. The highest BCUT2D eigenvalue weighted by Crippen LogP contribution is 2.37. The predicted molar refractivity (Wildman–Crippen MR) is 71.7 cm³/mol. The van der Waals surface area contributed by atoms with Crippen LogP contribution in [0.4, 0.5) is 13.2 Å². The number of carbonyl (C=O) groups is 1. The zero-order valence-electron chi connectivity index (χ0n) is 10.8. The maximum absolute atomic E-state index is 12.4. The summed E-state index contributed by atoms with van der Waals surface area (Å²) in [5.74, 6) is -0.642. The van der Waals surface area contributed by atoms with Crippen molar-refractivity contribution in [1.29, 1.82) is 0 Å². The second-order valence-electron chi connectivity index (χ2n) is 4.55. The fourth-order valence-corrected chi connectivity index (χ4v) is 2.62. The number of alkyl halides is 3. The van der Waals surface area contributed by atoms with E-state index in [1.807, 2.05) is 0 Å². The van der Waals surface area contributed by atoms with Gasteiger partial charge in [0.2, 0.25) is 0 Å². The second-order valence-corrected chi connectivity index (χ2v) is 5.60. The van der Waals surface area contributed by atoms with Crippen molar-refractivity contribution < 1.29 is 23.1 Å². The number of halogens is 3. The second kappa shape index (κ2) is 6.48. The lowest BCUT2D eigenvalue weighted by Crippen LogP contribution is -2.33. The van der Waals surface area contributed by atoms with Crippen LogP contribution in [0.1, 0.15) is 16.8 Å². The monoisotopic (exact) mass is 318 g/mol. The van der Waals surface area contributed by atoms with Gasteiger partial charge in [-0.3, -0.25) is 4.79 Å². The molecule has 1 amide bonds. The highest BCUT2D eigenvalue weighted by Gasteiger charge is 2.32. The number of hydrogen-bond donors (Lipinski definition) is 2. The van der Waals surface area contributed by atoms with Crippen molar-refractivity contribution in [2.75, 3.05) is 6.61 Å². The largest absolute Gasteiger partial charge is 0.447 e. The Kier molecular flexibility index (Phi) is 4.89. The molecule has 0 spiro atoms. The molecule has 0 saturated carbocycles. The summed E-state index contributed by atoms with van der Waals surface area (Å²) in [6.45, 7) is -0.0229. The zero-order valence-corrected chi connectivity index (χ0v) is 11.6. The summed E-state index contributed by atoms with van der Waals surface area (Å²) >= 11 is -0.411. The highest BCUT2D eigenvalue weighted by molar-refractivity contribution is 8.00. The van der Waals surface area contributed by atoms with E-state index in [0.717, 1.165) is 0 Å². The third-order valence-corrected chi connectivity index (χ3v) is 3.70. The number of thioether (sulfide) groups is 1. The van der Waals surface area contributed by atoms with Gasteiger partial charge in [0.25, 0.3) is 5.91 Å². The van der Waals surface area contributed by atoms with Gasteiger partial charge < -0.3 is 10.4 Å². The van der Waals surface area contributed by atoms with Crippen LogP contribution in [0.25, 0.3) is 0 Å². The number of rotatable bonds is 4. The summed E-state index contributed by atoms with van der Waals surface area (Å²) in [5, 5.41) is 11.3. The number of aromatic nitrogens is 1. The summed E-state index contributed by atoms with van der Waals surface area (Å²) in [7, 11) is 0. The van der Waals surface area contributed by atoms with Crippen LogP contribution in [-0.2, 0) is 0 Å². The Morgan fingerprint density at radius 1 is 1.48 bits per heavy atom. The van der Waals surface area contributed by atoms with Crippen molar-refractivity contribution >= 4 is 17.7 Å². The quantitative estimate of drug-likeness (QED) is 0.661. The molecule has 0 aliphatic heterocycles. The number of aliphatic hydroxyl groups is 1. The average Bonchev–Trinajstić information content (AvgIpc) is 2.85. The Morgan fingerprint density at radius 2 is 2.24 bits per heavy atom. The fourth-order valence-electron chi connectivity index (χ4n) is 2.02. The summed E-state index contributed by atoms with van der Waals surface area (Å²) in [6, 6.07) is 2.42. The van der Waals surface area contributed by atoms with E-state index in [9.17, 15) is 18.0 Å². The van der Waals surface area contributed by atoms with Crippen molar-refractivity contribution in [2.24, 2.45) is 5.92 Å². The molecule has 0 aromatic carbocycles. The molecule has 1 aliphatic rings. The van der Waals surface area contributed by atoms with Crippen LogP contribution in [0, 0.1) is 5.92 Å². The number of hydrogen-bond acceptors (Lipinski definition) is 4. The Morgan fingerprint density at radius 3 is 2.86 bits per heavy atom. The zero-order chi connectivity index (χ0) is 15.5. The molecule has 1 aromatic rings. The summed E-state index contributed by atoms with van der Waals surface area (Å²) in [5.41, 5.74) is -4.61. The average molecular weight is 318 g/mol. The van der Waals surface area contributed by atoms with Gasteiger partial charge in [-0.1, -0.05) is 12.2 Å². The van der Waals surface area contributed by atoms with Crippen molar-refractivity contribution in [3.05, 3.63) is 36.0 Å². The first-order valence-electron chi connectivity index (χ1n) is 6.20. The Hall–Kier alpha value is -1.54. The van der Waals surface area contributed by atoms with Crippen molar-refractivity contribution in [3.63, 3.8) is 0 Å². The lowest BCUT2D eigenvalue weighted by Gasteiger charge is -2.14. The molecule has 114 valence electrons. The van der Waals surface area contributed by atoms with E-state index >= 15 is 0 Å². The number of pyridine rings is 1. The smallest absolute Gasteiger partial charge is 0.396 e. The van der Waals surface area contributed by atoms with Crippen molar-refractivity contribution in [3.8, 4) is 0 Å². The molecule has 8 heteroatoms. The molecular weight excluding hydrogens is 305 g/mol. The first-order chi connectivity index (χ1) is 9.89. The van der Waals surface area contributed by atoms with E-state index in [0.29, 0.717) is 6.42 Å². The molecule has 2 N–H and O–H groups in total. The standard InChI is InChI=1S/C13H13F3N2O2S/c14-13(15,16)21-12-10(2-1-5-17-12)11(20)18-9-4-3-8(6-9)7-19/h1-5,8-9,19H,6-7H2,(H,18,20)/t8-,9+/m0/s1. The van der Waals surface area contributed by atoms with E-state index in [1.54, 1.807) is 12.2 Å². The molecular formula is C13H13F3N2O2S. The Bertz CT molecular complexity index is 548. The van der Waals surface area contributed by atoms with Crippen molar-refractivity contribution in [2.45, 2.75) is 23.0 Å². The van der Waals surface area contributed by atoms with E-state index in [-0.39, 0.29) is 29.2 Å². The summed E-state index contributed by atoms with van der Waals surface area (Å²) in [4.78, 5) is 15.7. The third kappa shape index (κ3) is 4.47. The Labute approximate surface area is 123 Å². The summed E-state index contributed by atoms with van der Waals surface area (Å²) in [6.07, 6.45) is 5.25. The molecule has 2 rings (SSSR count). The molecule has 1 heterocycles. The van der Waals surface area contributed by atoms with Crippen LogP contribution >= 0.6 is 11.8 Å². The van der Waals surface area contributed by atoms with Gasteiger partial charge in [-0.15, -0.1) is 0 Å². The van der Waals surface area contributed by atoms with E-state index in [1.165, 1.54) is 18.3 Å². The van der Waals surface area contributed by atoms with Crippen LogP contribution in [0.3, 0.4) is 0 Å². The van der Waals surface area contributed by atoms with E-state index in [4.69, 9.17) is 5.11 Å². The molecule has 0 unspecified atom stereocenters. The molecule has 2 atom stereocenters. The van der Waals surface area contributed by atoms with E-state index in [2.05, 4.69) is 10.3 Å². The Balaban J connectivity index is 2.08. The van der Waals surface area contributed by atoms with Crippen LogP contribution in [0.2, 0.25) is 0 Å². The molecule has 0 fully saturated rings. The van der Waals surface area contributed by atoms with Gasteiger partial charge >= 0.3 is 5.51 Å². The maximum atomic E-state index is 12.4. The highest BCUT2D eigenvalue weighted by atomic mass is 32.2. The molecule has 0 bridgehead atoms. The maximum Gasteiger partial charge on any atom is 0.447 e.